The lowest BCUT2D eigenvalue weighted by Crippen LogP contribution is -2.31. The molecule has 0 aromatic heterocycles. The maximum absolute atomic E-state index is 12.4. The highest BCUT2D eigenvalue weighted by Crippen LogP contribution is 2.42. The van der Waals surface area contributed by atoms with Crippen molar-refractivity contribution in [3.05, 3.63) is 28.2 Å². The van der Waals surface area contributed by atoms with E-state index in [1.165, 1.54) is 4.90 Å². The fourth-order valence-electron chi connectivity index (χ4n) is 3.06. The predicted octanol–water partition coefficient (Wildman–Crippen LogP) is 3.67. The first-order valence-corrected chi connectivity index (χ1v) is 7.18. The van der Waals surface area contributed by atoms with Crippen molar-refractivity contribution in [1.29, 1.82) is 0 Å². The van der Waals surface area contributed by atoms with Crippen molar-refractivity contribution >= 4 is 40.7 Å². The Morgan fingerprint density at radius 1 is 1.00 bits per heavy atom. The highest BCUT2D eigenvalue weighted by molar-refractivity contribution is 6.44. The average Bonchev–Trinajstić information content (AvgIpc) is 2.67. The topological polar surface area (TPSA) is 37.4 Å². The molecule has 2 amide bonds. The molecular formula is C14H13Cl2NO2. The lowest BCUT2D eigenvalue weighted by molar-refractivity contribution is -0.122. The first-order valence-electron chi connectivity index (χ1n) is 6.43. The van der Waals surface area contributed by atoms with Gasteiger partial charge in [0.15, 0.2) is 0 Å². The summed E-state index contributed by atoms with van der Waals surface area (Å²) in [5, 5.41) is 0.624. The molecule has 1 aromatic rings. The molecule has 5 heteroatoms. The summed E-state index contributed by atoms with van der Waals surface area (Å²) in [4.78, 5) is 26.1. The van der Waals surface area contributed by atoms with E-state index in [1.807, 2.05) is 0 Å². The maximum Gasteiger partial charge on any atom is 0.237 e. The standard InChI is InChI=1S/C14H13Cl2NO2/c15-10-6-3-7-11(12(10)16)17-13(18)8-4-1-2-5-9(8)14(17)19/h3,6-9H,1-2,4-5H2. The van der Waals surface area contributed by atoms with Gasteiger partial charge >= 0.3 is 0 Å². The average molecular weight is 298 g/mol. The second-order valence-electron chi connectivity index (χ2n) is 5.08. The molecule has 0 N–H and O–H groups in total. The van der Waals surface area contributed by atoms with Crippen LogP contribution in [0.25, 0.3) is 0 Å². The van der Waals surface area contributed by atoms with Crippen LogP contribution in [0.3, 0.4) is 0 Å². The molecule has 2 fully saturated rings. The number of hydrogen-bond donors (Lipinski definition) is 0. The Labute approximate surface area is 121 Å². The second kappa shape index (κ2) is 4.80. The van der Waals surface area contributed by atoms with Crippen LogP contribution in [-0.2, 0) is 9.59 Å². The number of carbonyl (C=O) groups is 2. The van der Waals surface area contributed by atoms with Crippen LogP contribution < -0.4 is 4.90 Å². The summed E-state index contributed by atoms with van der Waals surface area (Å²) in [5.41, 5.74) is 0.415. The summed E-state index contributed by atoms with van der Waals surface area (Å²) in [6, 6.07) is 5.01. The Morgan fingerprint density at radius 2 is 1.58 bits per heavy atom. The summed E-state index contributed by atoms with van der Waals surface area (Å²) in [6.45, 7) is 0. The zero-order valence-corrected chi connectivity index (χ0v) is 11.7. The van der Waals surface area contributed by atoms with Gasteiger partial charge in [-0.15, -0.1) is 0 Å². The van der Waals surface area contributed by atoms with Gasteiger partial charge in [-0.2, -0.15) is 0 Å². The minimum atomic E-state index is -0.170. The quantitative estimate of drug-likeness (QED) is 0.742. The zero-order chi connectivity index (χ0) is 13.6. The summed E-state index contributed by atoms with van der Waals surface area (Å²) in [5.74, 6) is -0.592. The third kappa shape index (κ3) is 1.96. The highest BCUT2D eigenvalue weighted by atomic mass is 35.5. The molecule has 3 rings (SSSR count). The van der Waals surface area contributed by atoms with Gasteiger partial charge in [-0.25, -0.2) is 4.90 Å². The minimum Gasteiger partial charge on any atom is -0.274 e. The Kier molecular flexibility index (Phi) is 3.27. The highest BCUT2D eigenvalue weighted by Gasteiger charge is 2.49. The van der Waals surface area contributed by atoms with Crippen LogP contribution in [0.2, 0.25) is 10.0 Å². The molecular weight excluding hydrogens is 285 g/mol. The fourth-order valence-corrected chi connectivity index (χ4v) is 3.44. The van der Waals surface area contributed by atoms with Gasteiger partial charge in [-0.3, -0.25) is 9.59 Å². The SMILES string of the molecule is O=C1C2CCCCC2C(=O)N1c1cccc(Cl)c1Cl. The molecule has 100 valence electrons. The Balaban J connectivity index is 2.03. The van der Waals surface area contributed by atoms with E-state index >= 15 is 0 Å². The molecule has 1 aliphatic carbocycles. The molecule has 2 unspecified atom stereocenters. The molecule has 0 radical (unpaired) electrons. The van der Waals surface area contributed by atoms with Gasteiger partial charge < -0.3 is 0 Å². The van der Waals surface area contributed by atoms with Crippen LogP contribution in [0.15, 0.2) is 18.2 Å². The maximum atomic E-state index is 12.4. The molecule has 2 aliphatic rings. The van der Waals surface area contributed by atoms with Gasteiger partial charge in [0.05, 0.1) is 27.6 Å². The van der Waals surface area contributed by atoms with Crippen molar-refractivity contribution in [2.24, 2.45) is 11.8 Å². The van der Waals surface area contributed by atoms with E-state index < -0.39 is 0 Å². The molecule has 1 aliphatic heterocycles. The molecule has 0 spiro atoms. The minimum absolute atomic E-state index is 0.126. The molecule has 0 bridgehead atoms. The van der Waals surface area contributed by atoms with Crippen molar-refractivity contribution in [3.8, 4) is 0 Å². The number of benzene rings is 1. The third-order valence-corrected chi connectivity index (χ3v) is 4.82. The van der Waals surface area contributed by atoms with E-state index in [9.17, 15) is 9.59 Å². The van der Waals surface area contributed by atoms with Crippen molar-refractivity contribution in [1.82, 2.24) is 0 Å². The Morgan fingerprint density at radius 3 is 2.16 bits per heavy atom. The zero-order valence-electron chi connectivity index (χ0n) is 10.2. The molecule has 1 saturated carbocycles. The number of hydrogen-bond acceptors (Lipinski definition) is 2. The first kappa shape index (κ1) is 12.9. The van der Waals surface area contributed by atoms with Crippen LogP contribution in [0.1, 0.15) is 25.7 Å². The largest absolute Gasteiger partial charge is 0.274 e. The monoisotopic (exact) mass is 297 g/mol. The van der Waals surface area contributed by atoms with Crippen LogP contribution in [0, 0.1) is 11.8 Å². The lowest BCUT2D eigenvalue weighted by Gasteiger charge is -2.19. The van der Waals surface area contributed by atoms with Gasteiger partial charge in [0, 0.05) is 0 Å². The summed E-state index contributed by atoms with van der Waals surface area (Å²) < 4.78 is 0. The van der Waals surface area contributed by atoms with Crippen molar-refractivity contribution in [3.63, 3.8) is 0 Å². The number of anilines is 1. The van der Waals surface area contributed by atoms with E-state index in [0.717, 1.165) is 25.7 Å². The molecule has 3 nitrogen and oxygen atoms in total. The van der Waals surface area contributed by atoms with E-state index in [4.69, 9.17) is 23.2 Å². The van der Waals surface area contributed by atoms with E-state index in [1.54, 1.807) is 18.2 Å². The van der Waals surface area contributed by atoms with Gasteiger partial charge in [0.2, 0.25) is 11.8 Å². The third-order valence-electron chi connectivity index (χ3n) is 4.01. The normalized spacial score (nSPS) is 26.7. The number of imide groups is 1. The lowest BCUT2D eigenvalue weighted by atomic mass is 9.81. The van der Waals surface area contributed by atoms with Gasteiger partial charge in [-0.05, 0) is 25.0 Å². The van der Waals surface area contributed by atoms with Crippen LogP contribution in [0.5, 0.6) is 0 Å². The second-order valence-corrected chi connectivity index (χ2v) is 5.87. The van der Waals surface area contributed by atoms with Crippen molar-refractivity contribution in [2.75, 3.05) is 4.90 Å². The molecule has 1 aromatic carbocycles. The van der Waals surface area contributed by atoms with Crippen molar-refractivity contribution in [2.45, 2.75) is 25.7 Å². The van der Waals surface area contributed by atoms with Gasteiger partial charge in [-0.1, -0.05) is 42.1 Å². The molecule has 1 heterocycles. The number of carbonyl (C=O) groups excluding carboxylic acids is 2. The van der Waals surface area contributed by atoms with Crippen molar-refractivity contribution < 1.29 is 9.59 Å². The van der Waals surface area contributed by atoms with E-state index in [0.29, 0.717) is 10.7 Å². The Bertz CT molecular complexity index is 534. The van der Waals surface area contributed by atoms with Crippen LogP contribution >= 0.6 is 23.2 Å². The van der Waals surface area contributed by atoms with Gasteiger partial charge in [0.1, 0.15) is 0 Å². The summed E-state index contributed by atoms with van der Waals surface area (Å²) in [6.07, 6.45) is 3.61. The summed E-state index contributed by atoms with van der Waals surface area (Å²) in [7, 11) is 0. The Hall–Kier alpha value is -1.06. The number of rotatable bonds is 1. The number of nitrogens with zero attached hydrogens (tertiary/aromatic N) is 1. The molecule has 2 atom stereocenters. The first-order chi connectivity index (χ1) is 9.11. The number of fused-ring (bicyclic) bond motifs is 1. The van der Waals surface area contributed by atoms with Crippen LogP contribution in [-0.4, -0.2) is 11.8 Å². The van der Waals surface area contributed by atoms with Gasteiger partial charge in [0.25, 0.3) is 0 Å². The van der Waals surface area contributed by atoms with E-state index in [-0.39, 0.29) is 28.7 Å². The number of amides is 2. The summed E-state index contributed by atoms with van der Waals surface area (Å²) >= 11 is 12.1. The van der Waals surface area contributed by atoms with Crippen LogP contribution in [0.4, 0.5) is 5.69 Å². The number of halogens is 2. The molecule has 19 heavy (non-hydrogen) atoms. The van der Waals surface area contributed by atoms with E-state index in [2.05, 4.69) is 0 Å². The fraction of sp³-hybridized carbons (Fsp3) is 0.429. The smallest absolute Gasteiger partial charge is 0.237 e. The predicted molar refractivity (Wildman–Crippen MR) is 74.4 cm³/mol. The molecule has 1 saturated heterocycles.